The molecular formula is C17H22O3. The first-order valence-corrected chi connectivity index (χ1v) is 7.75. The lowest BCUT2D eigenvalue weighted by Crippen LogP contribution is -2.31. The van der Waals surface area contributed by atoms with Crippen molar-refractivity contribution in [3.05, 3.63) is 29.3 Å². The Balaban J connectivity index is 1.83. The second-order valence-electron chi connectivity index (χ2n) is 5.92. The third-order valence-corrected chi connectivity index (χ3v) is 4.46. The molecule has 0 radical (unpaired) electrons. The second-order valence-corrected chi connectivity index (χ2v) is 5.92. The molecule has 0 aliphatic heterocycles. The fraction of sp³-hybridized carbons (Fsp3) is 0.588. The molecule has 0 spiro atoms. The van der Waals surface area contributed by atoms with Gasteiger partial charge in [0.2, 0.25) is 0 Å². The molecule has 1 N–H and O–H groups in total. The van der Waals surface area contributed by atoms with Crippen LogP contribution in [0.5, 0.6) is 5.75 Å². The summed E-state index contributed by atoms with van der Waals surface area (Å²) in [5.41, 5.74) is 1.86. The highest BCUT2D eigenvalue weighted by molar-refractivity contribution is 5.99. The molecule has 1 fully saturated rings. The van der Waals surface area contributed by atoms with Crippen LogP contribution in [-0.4, -0.2) is 23.1 Å². The van der Waals surface area contributed by atoms with Gasteiger partial charge in [-0.2, -0.15) is 0 Å². The Bertz CT molecular complexity index is 495. The van der Waals surface area contributed by atoms with Crippen LogP contribution >= 0.6 is 0 Å². The van der Waals surface area contributed by atoms with Crippen molar-refractivity contribution < 1.29 is 14.6 Å². The van der Waals surface area contributed by atoms with Gasteiger partial charge in [-0.1, -0.05) is 25.0 Å². The van der Waals surface area contributed by atoms with E-state index in [1.165, 1.54) is 6.42 Å². The summed E-state index contributed by atoms with van der Waals surface area (Å²) >= 11 is 0. The molecule has 2 aliphatic carbocycles. The Morgan fingerprint density at radius 1 is 1.05 bits per heavy atom. The zero-order valence-electron chi connectivity index (χ0n) is 11.8. The van der Waals surface area contributed by atoms with Crippen molar-refractivity contribution in [2.45, 2.75) is 63.6 Å². The highest BCUT2D eigenvalue weighted by atomic mass is 16.5. The van der Waals surface area contributed by atoms with Crippen molar-refractivity contribution in [3.8, 4) is 5.75 Å². The van der Waals surface area contributed by atoms with Crippen molar-refractivity contribution in [3.63, 3.8) is 0 Å². The number of ether oxygens (including phenoxy) is 1. The van der Waals surface area contributed by atoms with Crippen LogP contribution in [0.4, 0.5) is 0 Å². The summed E-state index contributed by atoms with van der Waals surface area (Å²) in [7, 11) is 0. The van der Waals surface area contributed by atoms with Crippen LogP contribution in [0.2, 0.25) is 0 Å². The quantitative estimate of drug-likeness (QED) is 0.842. The number of carbonyl (C=O) groups excluding carboxylic acids is 1. The normalized spacial score (nSPS) is 26.8. The lowest BCUT2D eigenvalue weighted by atomic mass is 9.90. The summed E-state index contributed by atoms with van der Waals surface area (Å²) in [5, 5.41) is 10.2. The number of fused-ring (bicyclic) bond motifs is 1. The zero-order chi connectivity index (χ0) is 13.9. The fourth-order valence-electron chi connectivity index (χ4n) is 3.31. The minimum absolute atomic E-state index is 0.124. The maximum absolute atomic E-state index is 11.9. The summed E-state index contributed by atoms with van der Waals surface area (Å²) in [6.45, 7) is 0. The zero-order valence-corrected chi connectivity index (χ0v) is 11.8. The number of aliphatic hydroxyl groups is 1. The number of carbonyl (C=O) groups is 1. The van der Waals surface area contributed by atoms with E-state index in [9.17, 15) is 9.90 Å². The molecule has 0 heterocycles. The molecule has 3 heteroatoms. The molecule has 1 saturated carbocycles. The molecule has 2 unspecified atom stereocenters. The summed E-state index contributed by atoms with van der Waals surface area (Å²) in [6, 6.07) is 5.72. The van der Waals surface area contributed by atoms with Crippen LogP contribution in [0.3, 0.4) is 0 Å². The van der Waals surface area contributed by atoms with Gasteiger partial charge in [0, 0.05) is 17.5 Å². The van der Waals surface area contributed by atoms with Crippen molar-refractivity contribution in [2.75, 3.05) is 0 Å². The van der Waals surface area contributed by atoms with Crippen LogP contribution in [0.25, 0.3) is 0 Å². The molecule has 108 valence electrons. The van der Waals surface area contributed by atoms with Gasteiger partial charge in [0.1, 0.15) is 11.9 Å². The number of benzene rings is 1. The summed E-state index contributed by atoms with van der Waals surface area (Å²) in [5.74, 6) is 1.03. The van der Waals surface area contributed by atoms with Crippen molar-refractivity contribution in [1.82, 2.24) is 0 Å². The number of hydrogen-bond acceptors (Lipinski definition) is 3. The lowest BCUT2D eigenvalue weighted by Gasteiger charge is -2.25. The molecule has 1 aromatic rings. The standard InChI is InChI=1S/C17H22O3/c18-14-9-4-7-13-12(14)6-5-11-16(13)20-17-10-3-1-2-8-15(17)19/h5-6,11,15,17,19H,1-4,7-10H2. The smallest absolute Gasteiger partial charge is 0.163 e. The van der Waals surface area contributed by atoms with Gasteiger partial charge in [-0.05, 0) is 38.2 Å². The molecule has 20 heavy (non-hydrogen) atoms. The number of ketones is 1. The summed E-state index contributed by atoms with van der Waals surface area (Å²) < 4.78 is 6.09. The second kappa shape index (κ2) is 5.96. The fourth-order valence-corrected chi connectivity index (χ4v) is 3.31. The Hall–Kier alpha value is -1.35. The SMILES string of the molecule is O=C1CCCc2c(OC3CCCCCC3O)cccc21. The van der Waals surface area contributed by atoms with E-state index in [0.717, 1.165) is 55.4 Å². The maximum atomic E-state index is 11.9. The van der Waals surface area contributed by atoms with Crippen LogP contribution in [-0.2, 0) is 6.42 Å². The number of Topliss-reactive ketones (excluding diaryl/α,β-unsaturated/α-hetero) is 1. The van der Waals surface area contributed by atoms with Crippen LogP contribution in [0.1, 0.15) is 60.9 Å². The third-order valence-electron chi connectivity index (χ3n) is 4.46. The van der Waals surface area contributed by atoms with Gasteiger partial charge >= 0.3 is 0 Å². The van der Waals surface area contributed by atoms with E-state index in [1.54, 1.807) is 0 Å². The lowest BCUT2D eigenvalue weighted by molar-refractivity contribution is 0.0313. The molecule has 0 amide bonds. The highest BCUT2D eigenvalue weighted by Gasteiger charge is 2.26. The van der Waals surface area contributed by atoms with Crippen molar-refractivity contribution in [2.24, 2.45) is 0 Å². The molecule has 1 aromatic carbocycles. The third kappa shape index (κ3) is 2.73. The number of aliphatic hydroxyl groups excluding tert-OH is 1. The molecule has 0 bridgehead atoms. The first kappa shape index (κ1) is 13.6. The van der Waals surface area contributed by atoms with E-state index in [1.807, 2.05) is 18.2 Å². The highest BCUT2D eigenvalue weighted by Crippen LogP contribution is 2.32. The van der Waals surface area contributed by atoms with Crippen LogP contribution < -0.4 is 4.74 Å². The average Bonchev–Trinajstić information content (AvgIpc) is 2.65. The van der Waals surface area contributed by atoms with Gasteiger partial charge in [-0.3, -0.25) is 4.79 Å². The van der Waals surface area contributed by atoms with Crippen LogP contribution in [0, 0.1) is 0 Å². The van der Waals surface area contributed by atoms with Gasteiger partial charge in [0.25, 0.3) is 0 Å². The topological polar surface area (TPSA) is 46.5 Å². The molecule has 2 aliphatic rings. The predicted octanol–water partition coefficient (Wildman–Crippen LogP) is 3.28. The Kier molecular flexibility index (Phi) is 4.06. The first-order chi connectivity index (χ1) is 9.75. The van der Waals surface area contributed by atoms with E-state index in [4.69, 9.17) is 4.74 Å². The van der Waals surface area contributed by atoms with E-state index in [-0.39, 0.29) is 18.0 Å². The molecule has 2 atom stereocenters. The Labute approximate surface area is 120 Å². The van der Waals surface area contributed by atoms with E-state index in [0.29, 0.717) is 6.42 Å². The molecular weight excluding hydrogens is 252 g/mol. The van der Waals surface area contributed by atoms with E-state index >= 15 is 0 Å². The van der Waals surface area contributed by atoms with Gasteiger partial charge < -0.3 is 9.84 Å². The number of hydrogen-bond donors (Lipinski definition) is 1. The molecule has 0 saturated heterocycles. The number of rotatable bonds is 2. The van der Waals surface area contributed by atoms with Crippen molar-refractivity contribution >= 4 is 5.78 Å². The Morgan fingerprint density at radius 2 is 1.90 bits per heavy atom. The minimum atomic E-state index is -0.382. The van der Waals surface area contributed by atoms with Gasteiger partial charge in [-0.15, -0.1) is 0 Å². The molecule has 3 rings (SSSR count). The predicted molar refractivity (Wildman–Crippen MR) is 77.2 cm³/mol. The molecule has 0 aromatic heterocycles. The van der Waals surface area contributed by atoms with Crippen molar-refractivity contribution in [1.29, 1.82) is 0 Å². The largest absolute Gasteiger partial charge is 0.487 e. The summed E-state index contributed by atoms with van der Waals surface area (Å²) in [6.07, 6.45) is 7.01. The van der Waals surface area contributed by atoms with Gasteiger partial charge in [0.15, 0.2) is 5.78 Å². The van der Waals surface area contributed by atoms with Crippen LogP contribution in [0.15, 0.2) is 18.2 Å². The summed E-state index contributed by atoms with van der Waals surface area (Å²) in [4.78, 5) is 11.9. The first-order valence-electron chi connectivity index (χ1n) is 7.75. The van der Waals surface area contributed by atoms with E-state index < -0.39 is 0 Å². The monoisotopic (exact) mass is 274 g/mol. The van der Waals surface area contributed by atoms with E-state index in [2.05, 4.69) is 0 Å². The minimum Gasteiger partial charge on any atom is -0.487 e. The Morgan fingerprint density at radius 3 is 2.80 bits per heavy atom. The maximum Gasteiger partial charge on any atom is 0.163 e. The van der Waals surface area contributed by atoms with Gasteiger partial charge in [0.05, 0.1) is 6.10 Å². The van der Waals surface area contributed by atoms with Gasteiger partial charge in [-0.25, -0.2) is 0 Å². The average molecular weight is 274 g/mol. The molecule has 3 nitrogen and oxygen atoms in total.